The lowest BCUT2D eigenvalue weighted by atomic mass is 10.0. The van der Waals surface area contributed by atoms with E-state index < -0.39 is 0 Å². The molecule has 1 unspecified atom stereocenters. The maximum Gasteiger partial charge on any atom is 0.0636 e. The lowest BCUT2D eigenvalue weighted by Crippen LogP contribution is -2.28. The van der Waals surface area contributed by atoms with Crippen LogP contribution in [0.5, 0.6) is 0 Å². The lowest BCUT2D eigenvalue weighted by molar-refractivity contribution is 0.823. The molecule has 1 aromatic carbocycles. The van der Waals surface area contributed by atoms with Gasteiger partial charge in [-0.15, -0.1) is 0 Å². The zero-order chi connectivity index (χ0) is 14.0. The summed E-state index contributed by atoms with van der Waals surface area (Å²) in [4.78, 5) is 0. The van der Waals surface area contributed by atoms with Crippen molar-refractivity contribution in [3.63, 3.8) is 0 Å². The van der Waals surface area contributed by atoms with E-state index >= 15 is 0 Å². The van der Waals surface area contributed by atoms with Gasteiger partial charge in [0.05, 0.1) is 6.04 Å². The van der Waals surface area contributed by atoms with Crippen LogP contribution in [0.15, 0.2) is 24.3 Å². The van der Waals surface area contributed by atoms with Crippen LogP contribution in [0.25, 0.3) is 0 Å². The molecule has 0 amide bonds. The molecule has 2 nitrogen and oxygen atoms in total. The Kier molecular flexibility index (Phi) is 8.99. The van der Waals surface area contributed by atoms with E-state index in [1.54, 1.807) is 0 Å². The quantitative estimate of drug-likeness (QED) is 0.680. The van der Waals surface area contributed by atoms with Gasteiger partial charge in [-0.1, -0.05) is 52.3 Å². The Morgan fingerprint density at radius 2 is 1.83 bits per heavy atom. The molecule has 0 saturated carbocycles. The summed E-state index contributed by atoms with van der Waals surface area (Å²) in [5.41, 5.74) is 3.20. The van der Waals surface area contributed by atoms with E-state index in [-0.39, 0.29) is 6.04 Å². The van der Waals surface area contributed by atoms with Crippen molar-refractivity contribution in [2.45, 2.75) is 59.9 Å². The molecule has 0 bridgehead atoms. The van der Waals surface area contributed by atoms with Crippen LogP contribution >= 0.6 is 0 Å². The molecule has 0 radical (unpaired) electrons. The van der Waals surface area contributed by atoms with Crippen LogP contribution in [-0.2, 0) is 0 Å². The highest BCUT2D eigenvalue weighted by Gasteiger charge is 2.11. The van der Waals surface area contributed by atoms with Crippen LogP contribution in [-0.4, -0.2) is 11.8 Å². The molecule has 1 rings (SSSR count). The summed E-state index contributed by atoms with van der Waals surface area (Å²) >= 11 is 0. The van der Waals surface area contributed by atoms with Crippen LogP contribution < -0.4 is 5.32 Å². The average Bonchev–Trinajstić information content (AvgIpc) is 2.40. The molecule has 0 aromatic heterocycles. The highest BCUT2D eigenvalue weighted by Crippen LogP contribution is 2.16. The maximum atomic E-state index is 8.00. The van der Waals surface area contributed by atoms with Crippen molar-refractivity contribution in [3.05, 3.63) is 29.8 Å². The SMILES string of the molecule is CC.CCCC(=N)C(CC)Nc1ccccc1C. The molecule has 18 heavy (non-hydrogen) atoms. The molecule has 1 atom stereocenters. The second kappa shape index (κ2) is 9.69. The first-order valence-corrected chi connectivity index (χ1v) is 7.08. The van der Waals surface area contributed by atoms with Crippen LogP contribution in [0.1, 0.15) is 52.5 Å². The van der Waals surface area contributed by atoms with Crippen LogP contribution in [0.2, 0.25) is 0 Å². The predicted octanol–water partition coefficient (Wildman–Crippen LogP) is 5.03. The third kappa shape index (κ3) is 5.35. The van der Waals surface area contributed by atoms with Gasteiger partial charge in [0.15, 0.2) is 0 Å². The normalized spacial score (nSPS) is 11.2. The van der Waals surface area contributed by atoms with Gasteiger partial charge in [-0.25, -0.2) is 0 Å². The Balaban J connectivity index is 0.00000137. The number of para-hydroxylation sites is 1. The van der Waals surface area contributed by atoms with Crippen molar-refractivity contribution in [1.29, 1.82) is 5.41 Å². The van der Waals surface area contributed by atoms with E-state index in [9.17, 15) is 0 Å². The van der Waals surface area contributed by atoms with Gasteiger partial charge in [0, 0.05) is 11.4 Å². The Morgan fingerprint density at radius 1 is 1.22 bits per heavy atom. The maximum absolute atomic E-state index is 8.00. The van der Waals surface area contributed by atoms with E-state index in [4.69, 9.17) is 5.41 Å². The van der Waals surface area contributed by atoms with Crippen molar-refractivity contribution in [2.75, 3.05) is 5.32 Å². The topological polar surface area (TPSA) is 35.9 Å². The van der Waals surface area contributed by atoms with Gasteiger partial charge in [0.1, 0.15) is 0 Å². The van der Waals surface area contributed by atoms with Gasteiger partial charge < -0.3 is 10.7 Å². The summed E-state index contributed by atoms with van der Waals surface area (Å²) in [5, 5.41) is 11.5. The van der Waals surface area contributed by atoms with Gasteiger partial charge in [-0.3, -0.25) is 0 Å². The first-order valence-electron chi connectivity index (χ1n) is 7.08. The predicted molar refractivity (Wildman–Crippen MR) is 82.9 cm³/mol. The van der Waals surface area contributed by atoms with E-state index in [0.29, 0.717) is 0 Å². The highest BCUT2D eigenvalue weighted by atomic mass is 14.9. The molecular formula is C16H28N2. The number of aryl methyl sites for hydroxylation is 1. The van der Waals surface area contributed by atoms with E-state index in [1.807, 2.05) is 26.0 Å². The molecule has 0 aliphatic rings. The molecule has 2 heteroatoms. The van der Waals surface area contributed by atoms with E-state index in [0.717, 1.165) is 30.7 Å². The molecule has 0 aliphatic heterocycles. The number of rotatable bonds is 6. The van der Waals surface area contributed by atoms with Crippen molar-refractivity contribution in [2.24, 2.45) is 0 Å². The second-order valence-corrected chi connectivity index (χ2v) is 4.20. The van der Waals surface area contributed by atoms with Gasteiger partial charge in [0.2, 0.25) is 0 Å². The summed E-state index contributed by atoms with van der Waals surface area (Å²) in [6, 6.07) is 8.43. The van der Waals surface area contributed by atoms with Gasteiger partial charge >= 0.3 is 0 Å². The molecule has 102 valence electrons. The zero-order valence-electron chi connectivity index (χ0n) is 12.5. The molecule has 0 saturated heterocycles. The first-order chi connectivity index (χ1) is 8.69. The summed E-state index contributed by atoms with van der Waals surface area (Å²) in [6.45, 7) is 10.3. The van der Waals surface area contributed by atoms with Crippen molar-refractivity contribution < 1.29 is 0 Å². The highest BCUT2D eigenvalue weighted by molar-refractivity contribution is 5.89. The van der Waals surface area contributed by atoms with Crippen LogP contribution in [0, 0.1) is 12.3 Å². The summed E-state index contributed by atoms with van der Waals surface area (Å²) in [7, 11) is 0. The summed E-state index contributed by atoms with van der Waals surface area (Å²) in [5.74, 6) is 0. The minimum Gasteiger partial charge on any atom is -0.377 e. The minimum atomic E-state index is 0.182. The molecule has 1 aromatic rings. The minimum absolute atomic E-state index is 0.182. The van der Waals surface area contributed by atoms with Crippen molar-refractivity contribution in [3.8, 4) is 0 Å². The van der Waals surface area contributed by atoms with Crippen LogP contribution in [0.3, 0.4) is 0 Å². The Morgan fingerprint density at radius 3 is 2.33 bits per heavy atom. The van der Waals surface area contributed by atoms with Crippen molar-refractivity contribution >= 4 is 11.4 Å². The first kappa shape index (κ1) is 16.7. The monoisotopic (exact) mass is 248 g/mol. The molecule has 0 aliphatic carbocycles. The number of nitrogens with one attached hydrogen (secondary N) is 2. The third-order valence-corrected chi connectivity index (χ3v) is 2.82. The number of benzene rings is 1. The standard InChI is InChI=1S/C14H22N2.C2H6/c1-4-8-12(15)13(5-2)16-14-10-7-6-9-11(14)3;1-2/h6-7,9-10,13,15-16H,4-5,8H2,1-3H3;1-2H3. The molecule has 2 N–H and O–H groups in total. The van der Waals surface area contributed by atoms with Crippen LogP contribution in [0.4, 0.5) is 5.69 Å². The number of anilines is 1. The molecule has 0 heterocycles. The third-order valence-electron chi connectivity index (χ3n) is 2.82. The molecule has 0 fully saturated rings. The van der Waals surface area contributed by atoms with Gasteiger partial charge in [-0.05, 0) is 31.4 Å². The fraction of sp³-hybridized carbons (Fsp3) is 0.562. The Bertz CT molecular complexity index is 345. The van der Waals surface area contributed by atoms with Gasteiger partial charge in [-0.2, -0.15) is 0 Å². The summed E-state index contributed by atoms with van der Waals surface area (Å²) in [6.07, 6.45) is 2.90. The molecule has 0 spiro atoms. The van der Waals surface area contributed by atoms with Crippen molar-refractivity contribution in [1.82, 2.24) is 0 Å². The second-order valence-electron chi connectivity index (χ2n) is 4.20. The van der Waals surface area contributed by atoms with E-state index in [2.05, 4.69) is 38.2 Å². The van der Waals surface area contributed by atoms with E-state index in [1.165, 1.54) is 5.56 Å². The average molecular weight is 248 g/mol. The fourth-order valence-electron chi connectivity index (χ4n) is 1.80. The van der Waals surface area contributed by atoms with Gasteiger partial charge in [0.25, 0.3) is 0 Å². The number of hydrogen-bond acceptors (Lipinski definition) is 2. The Hall–Kier alpha value is -1.31. The lowest BCUT2D eigenvalue weighted by Gasteiger charge is -2.20. The zero-order valence-corrected chi connectivity index (χ0v) is 12.5. The molecular weight excluding hydrogens is 220 g/mol. The number of hydrogen-bond donors (Lipinski definition) is 2. The Labute approximate surface area is 112 Å². The fourth-order valence-corrected chi connectivity index (χ4v) is 1.80. The smallest absolute Gasteiger partial charge is 0.0636 e. The largest absolute Gasteiger partial charge is 0.377 e. The summed E-state index contributed by atoms with van der Waals surface area (Å²) < 4.78 is 0.